The van der Waals surface area contributed by atoms with E-state index in [2.05, 4.69) is 52.7 Å². The topological polar surface area (TPSA) is 67.3 Å². The van der Waals surface area contributed by atoms with Gasteiger partial charge in [0.05, 0.1) is 6.61 Å². The summed E-state index contributed by atoms with van der Waals surface area (Å²) < 4.78 is 10.2. The molecule has 0 saturated carbocycles. The molecule has 0 bridgehead atoms. The summed E-state index contributed by atoms with van der Waals surface area (Å²) in [6, 6.07) is 16.0. The van der Waals surface area contributed by atoms with Crippen LogP contribution in [-0.4, -0.2) is 41.5 Å². The van der Waals surface area contributed by atoms with E-state index in [1.165, 1.54) is 22.7 Å². The Morgan fingerprint density at radius 3 is 2.56 bits per heavy atom. The molecular formula is C27H34N4O2S. The molecule has 2 heterocycles. The third-order valence-electron chi connectivity index (χ3n) is 6.26. The van der Waals surface area contributed by atoms with Crippen molar-refractivity contribution in [3.05, 3.63) is 71.0 Å². The van der Waals surface area contributed by atoms with E-state index in [9.17, 15) is 4.79 Å². The fraction of sp³-hybridized carbons (Fsp3) is 0.444. The Labute approximate surface area is 206 Å². The molecule has 1 aliphatic rings. The van der Waals surface area contributed by atoms with E-state index in [0.717, 1.165) is 61.9 Å². The molecule has 180 valence electrons. The van der Waals surface area contributed by atoms with Gasteiger partial charge in [-0.25, -0.2) is 4.98 Å². The Morgan fingerprint density at radius 2 is 1.85 bits per heavy atom. The van der Waals surface area contributed by atoms with E-state index < -0.39 is 0 Å². The molecule has 0 radical (unpaired) electrons. The van der Waals surface area contributed by atoms with Gasteiger partial charge in [-0.2, -0.15) is 4.37 Å². The fourth-order valence-electron chi connectivity index (χ4n) is 4.04. The molecule has 34 heavy (non-hydrogen) atoms. The number of piperidine rings is 1. The standard InChI is InChI=1S/C27H34N4O2S/c1-3-4-17-33-24-11-9-23(10-12-24)26(32)28-19-22-13-15-31(16-14-22)27-29-25(30-34-27)18-21-7-5-20(2)6-8-21/h5-12,22H,3-4,13-19H2,1-2H3,(H,28,32). The Morgan fingerprint density at radius 1 is 1.12 bits per heavy atom. The van der Waals surface area contributed by atoms with Crippen molar-refractivity contribution in [2.24, 2.45) is 5.92 Å². The molecule has 2 aromatic carbocycles. The van der Waals surface area contributed by atoms with Gasteiger partial charge < -0.3 is 15.0 Å². The normalized spacial score (nSPS) is 14.2. The molecule has 1 amide bonds. The molecule has 0 aliphatic carbocycles. The number of hydrogen-bond donors (Lipinski definition) is 1. The van der Waals surface area contributed by atoms with Crippen molar-refractivity contribution in [1.82, 2.24) is 14.7 Å². The zero-order valence-electron chi connectivity index (χ0n) is 20.1. The summed E-state index contributed by atoms with van der Waals surface area (Å²) in [5.74, 6) is 2.17. The van der Waals surface area contributed by atoms with Crippen LogP contribution in [0.5, 0.6) is 5.75 Å². The van der Waals surface area contributed by atoms with Crippen LogP contribution >= 0.6 is 11.5 Å². The zero-order valence-corrected chi connectivity index (χ0v) is 20.9. The largest absolute Gasteiger partial charge is 0.494 e. The zero-order chi connectivity index (χ0) is 23.8. The molecule has 1 aliphatic heterocycles. The molecule has 6 nitrogen and oxygen atoms in total. The van der Waals surface area contributed by atoms with E-state index in [-0.39, 0.29) is 5.91 Å². The molecule has 1 fully saturated rings. The van der Waals surface area contributed by atoms with Crippen molar-refractivity contribution >= 4 is 22.6 Å². The maximum atomic E-state index is 12.5. The Hall–Kier alpha value is -2.93. The number of carbonyl (C=O) groups excluding carboxylic acids is 1. The van der Waals surface area contributed by atoms with Crippen LogP contribution in [0.1, 0.15) is 59.9 Å². The van der Waals surface area contributed by atoms with Crippen LogP contribution in [0.2, 0.25) is 0 Å². The third kappa shape index (κ3) is 6.79. The lowest BCUT2D eigenvalue weighted by Crippen LogP contribution is -2.38. The van der Waals surface area contributed by atoms with Crippen LogP contribution in [0.3, 0.4) is 0 Å². The lowest BCUT2D eigenvalue weighted by atomic mass is 9.97. The number of rotatable bonds is 10. The van der Waals surface area contributed by atoms with Crippen LogP contribution in [0.25, 0.3) is 0 Å². The second kappa shape index (κ2) is 12.0. The summed E-state index contributed by atoms with van der Waals surface area (Å²) in [5, 5.41) is 4.11. The first-order valence-electron chi connectivity index (χ1n) is 12.2. The molecule has 4 rings (SSSR count). The number of anilines is 1. The second-order valence-corrected chi connectivity index (χ2v) is 9.75. The van der Waals surface area contributed by atoms with Crippen molar-refractivity contribution in [3.8, 4) is 5.75 Å². The van der Waals surface area contributed by atoms with Crippen molar-refractivity contribution in [2.75, 3.05) is 31.1 Å². The number of hydrogen-bond acceptors (Lipinski definition) is 6. The SMILES string of the molecule is CCCCOc1ccc(C(=O)NCC2CCN(c3nc(Cc4ccc(C)cc4)ns3)CC2)cc1. The lowest BCUT2D eigenvalue weighted by molar-refractivity contribution is 0.0945. The fourth-order valence-corrected chi connectivity index (χ4v) is 4.77. The number of aryl methyl sites for hydroxylation is 1. The number of amides is 1. The number of nitrogens with one attached hydrogen (secondary N) is 1. The Kier molecular flexibility index (Phi) is 8.52. The summed E-state index contributed by atoms with van der Waals surface area (Å²) in [6.45, 7) is 7.55. The molecule has 1 aromatic heterocycles. The van der Waals surface area contributed by atoms with Gasteiger partial charge in [-0.05, 0) is 61.9 Å². The molecular weight excluding hydrogens is 444 g/mol. The van der Waals surface area contributed by atoms with E-state index in [1.807, 2.05) is 24.3 Å². The molecule has 0 spiro atoms. The van der Waals surface area contributed by atoms with Gasteiger partial charge in [-0.15, -0.1) is 0 Å². The highest BCUT2D eigenvalue weighted by Gasteiger charge is 2.22. The predicted molar refractivity (Wildman–Crippen MR) is 138 cm³/mol. The highest BCUT2D eigenvalue weighted by Crippen LogP contribution is 2.25. The van der Waals surface area contributed by atoms with Gasteiger partial charge in [0, 0.05) is 43.2 Å². The van der Waals surface area contributed by atoms with Gasteiger partial charge in [-0.3, -0.25) is 4.79 Å². The molecule has 0 atom stereocenters. The van der Waals surface area contributed by atoms with E-state index in [4.69, 9.17) is 9.72 Å². The van der Waals surface area contributed by atoms with Gasteiger partial charge >= 0.3 is 0 Å². The second-order valence-electron chi connectivity index (χ2n) is 9.02. The molecule has 7 heteroatoms. The Balaban J connectivity index is 1.19. The molecule has 3 aromatic rings. The minimum absolute atomic E-state index is 0.0209. The smallest absolute Gasteiger partial charge is 0.251 e. The summed E-state index contributed by atoms with van der Waals surface area (Å²) in [7, 11) is 0. The van der Waals surface area contributed by atoms with Crippen molar-refractivity contribution in [3.63, 3.8) is 0 Å². The average Bonchev–Trinajstić information content (AvgIpc) is 3.33. The highest BCUT2D eigenvalue weighted by molar-refractivity contribution is 7.09. The minimum atomic E-state index is -0.0209. The summed E-state index contributed by atoms with van der Waals surface area (Å²) >= 11 is 1.49. The van der Waals surface area contributed by atoms with Gasteiger partial charge in [0.2, 0.25) is 5.13 Å². The predicted octanol–water partition coefficient (Wildman–Crippen LogP) is 5.26. The van der Waals surface area contributed by atoms with Crippen molar-refractivity contribution < 1.29 is 9.53 Å². The van der Waals surface area contributed by atoms with E-state index >= 15 is 0 Å². The van der Waals surface area contributed by atoms with Crippen molar-refractivity contribution in [1.29, 1.82) is 0 Å². The monoisotopic (exact) mass is 478 g/mol. The van der Waals surface area contributed by atoms with Gasteiger partial charge in [0.15, 0.2) is 0 Å². The van der Waals surface area contributed by atoms with Crippen LogP contribution < -0.4 is 15.0 Å². The summed E-state index contributed by atoms with van der Waals surface area (Å²) in [5.41, 5.74) is 3.18. The first-order valence-corrected chi connectivity index (χ1v) is 13.0. The number of aromatic nitrogens is 2. The number of benzene rings is 2. The third-order valence-corrected chi connectivity index (χ3v) is 7.07. The summed E-state index contributed by atoms with van der Waals surface area (Å²) in [6.07, 6.45) is 4.99. The van der Waals surface area contributed by atoms with Crippen LogP contribution in [0.4, 0.5) is 5.13 Å². The van der Waals surface area contributed by atoms with Gasteiger partial charge in [-0.1, -0.05) is 43.2 Å². The molecule has 0 unspecified atom stereocenters. The van der Waals surface area contributed by atoms with Crippen LogP contribution in [0.15, 0.2) is 48.5 Å². The maximum Gasteiger partial charge on any atom is 0.251 e. The summed E-state index contributed by atoms with van der Waals surface area (Å²) in [4.78, 5) is 19.6. The van der Waals surface area contributed by atoms with Crippen molar-refractivity contribution in [2.45, 2.75) is 46.0 Å². The average molecular weight is 479 g/mol. The number of nitrogens with zero attached hydrogens (tertiary/aromatic N) is 3. The van der Waals surface area contributed by atoms with E-state index in [0.29, 0.717) is 24.6 Å². The molecule has 1 N–H and O–H groups in total. The van der Waals surface area contributed by atoms with Gasteiger partial charge in [0.1, 0.15) is 11.6 Å². The molecule has 1 saturated heterocycles. The first kappa shape index (κ1) is 24.2. The van der Waals surface area contributed by atoms with E-state index in [1.54, 1.807) is 0 Å². The minimum Gasteiger partial charge on any atom is -0.494 e. The number of ether oxygens (including phenoxy) is 1. The lowest BCUT2D eigenvalue weighted by Gasteiger charge is -2.31. The number of carbonyl (C=O) groups is 1. The Bertz CT molecular complexity index is 1040. The highest BCUT2D eigenvalue weighted by atomic mass is 32.1. The maximum absolute atomic E-state index is 12.5. The van der Waals surface area contributed by atoms with Crippen LogP contribution in [0, 0.1) is 12.8 Å². The quantitative estimate of drug-likeness (QED) is 0.403. The van der Waals surface area contributed by atoms with Crippen LogP contribution in [-0.2, 0) is 6.42 Å². The van der Waals surface area contributed by atoms with Gasteiger partial charge in [0.25, 0.3) is 5.91 Å². The first-order chi connectivity index (χ1) is 16.6. The number of unbranched alkanes of at least 4 members (excludes halogenated alkanes) is 1.